The van der Waals surface area contributed by atoms with E-state index in [0.717, 1.165) is 4.47 Å². The summed E-state index contributed by atoms with van der Waals surface area (Å²) in [4.78, 5) is 11.3. The van der Waals surface area contributed by atoms with E-state index >= 15 is 0 Å². The summed E-state index contributed by atoms with van der Waals surface area (Å²) in [5.74, 6) is 0.248. The number of ether oxygens (including phenoxy) is 2. The molecule has 100 valence electrons. The van der Waals surface area contributed by atoms with E-state index in [1.165, 1.54) is 0 Å². The van der Waals surface area contributed by atoms with Gasteiger partial charge >= 0.3 is 5.97 Å². The Labute approximate surface area is 115 Å². The number of carbonyl (C=O) groups is 1. The van der Waals surface area contributed by atoms with Crippen LogP contribution in [0.2, 0.25) is 0 Å². The fraction of sp³-hybridized carbons (Fsp3) is 0.462. The maximum atomic E-state index is 11.3. The summed E-state index contributed by atoms with van der Waals surface area (Å²) in [5.41, 5.74) is 0.619. The fourth-order valence-electron chi connectivity index (χ4n) is 1.52. The first-order chi connectivity index (χ1) is 8.58. The van der Waals surface area contributed by atoms with Crippen LogP contribution < -0.4 is 4.74 Å². The number of rotatable bonds is 6. The molecule has 1 N–H and O–H groups in total. The van der Waals surface area contributed by atoms with Crippen LogP contribution >= 0.6 is 15.9 Å². The maximum Gasteiger partial charge on any atom is 0.308 e. The molecule has 0 amide bonds. The molecule has 1 unspecified atom stereocenters. The number of aliphatic hydroxyl groups is 1. The summed E-state index contributed by atoms with van der Waals surface area (Å²) < 4.78 is 10.9. The summed E-state index contributed by atoms with van der Waals surface area (Å²) in [7, 11) is 0. The predicted molar refractivity (Wildman–Crippen MR) is 71.5 cm³/mol. The molecule has 0 aromatic heterocycles. The van der Waals surface area contributed by atoms with Gasteiger partial charge in [-0.2, -0.15) is 0 Å². The van der Waals surface area contributed by atoms with Gasteiger partial charge in [0.2, 0.25) is 0 Å². The van der Waals surface area contributed by atoms with E-state index in [-0.39, 0.29) is 6.42 Å². The number of carbonyl (C=O) groups excluding carboxylic acids is 1. The van der Waals surface area contributed by atoms with Gasteiger partial charge in [0, 0.05) is 4.47 Å². The van der Waals surface area contributed by atoms with Crippen molar-refractivity contribution in [3.8, 4) is 5.75 Å². The van der Waals surface area contributed by atoms with Gasteiger partial charge in [-0.1, -0.05) is 15.9 Å². The highest BCUT2D eigenvalue weighted by molar-refractivity contribution is 9.10. The average molecular weight is 317 g/mol. The highest BCUT2D eigenvalue weighted by Gasteiger charge is 2.17. The summed E-state index contributed by atoms with van der Waals surface area (Å²) in [5, 5.41) is 10.0. The molecule has 1 rings (SSSR count). The zero-order valence-corrected chi connectivity index (χ0v) is 12.1. The van der Waals surface area contributed by atoms with Crippen LogP contribution in [0.4, 0.5) is 0 Å². The first-order valence-electron chi connectivity index (χ1n) is 5.84. The molecule has 0 spiro atoms. The number of halogens is 1. The maximum absolute atomic E-state index is 11.3. The predicted octanol–water partition coefficient (Wildman–Crippen LogP) is 2.83. The van der Waals surface area contributed by atoms with Crippen molar-refractivity contribution in [3.63, 3.8) is 0 Å². The quantitative estimate of drug-likeness (QED) is 0.820. The summed E-state index contributed by atoms with van der Waals surface area (Å²) in [6, 6.07) is 5.31. The van der Waals surface area contributed by atoms with Gasteiger partial charge in [-0.05, 0) is 37.6 Å². The second-order valence-corrected chi connectivity index (χ2v) is 4.50. The topological polar surface area (TPSA) is 55.8 Å². The molecule has 0 saturated heterocycles. The molecule has 0 bridgehead atoms. The molecule has 0 aliphatic rings. The summed E-state index contributed by atoms with van der Waals surface area (Å²) >= 11 is 3.34. The molecule has 4 nitrogen and oxygen atoms in total. The number of aliphatic hydroxyl groups excluding tert-OH is 1. The van der Waals surface area contributed by atoms with Gasteiger partial charge in [0.15, 0.2) is 0 Å². The molecule has 1 aromatic carbocycles. The van der Waals surface area contributed by atoms with Crippen molar-refractivity contribution in [2.45, 2.75) is 26.4 Å². The lowest BCUT2D eigenvalue weighted by Crippen LogP contribution is -2.10. The van der Waals surface area contributed by atoms with Crippen LogP contribution in [-0.2, 0) is 9.53 Å². The molecule has 0 saturated carbocycles. The molecule has 0 radical (unpaired) electrons. The van der Waals surface area contributed by atoms with Gasteiger partial charge in [-0.15, -0.1) is 0 Å². The zero-order chi connectivity index (χ0) is 13.5. The SMILES string of the molecule is CCOC(=O)CC(O)c1cc(OCC)ccc1Br. The fourth-order valence-corrected chi connectivity index (χ4v) is 2.03. The molecule has 0 aliphatic heterocycles. The van der Waals surface area contributed by atoms with Gasteiger partial charge < -0.3 is 14.6 Å². The third-order valence-electron chi connectivity index (χ3n) is 2.30. The first kappa shape index (κ1) is 15.0. The van der Waals surface area contributed by atoms with Crippen molar-refractivity contribution < 1.29 is 19.4 Å². The normalized spacial score (nSPS) is 12.0. The van der Waals surface area contributed by atoms with Gasteiger partial charge in [0.05, 0.1) is 25.7 Å². The summed E-state index contributed by atoms with van der Waals surface area (Å²) in [6.45, 7) is 4.48. The van der Waals surface area contributed by atoms with Crippen LogP contribution in [0.1, 0.15) is 31.9 Å². The van der Waals surface area contributed by atoms with Gasteiger partial charge in [0.1, 0.15) is 5.75 Å². The Kier molecular flexibility index (Phi) is 6.15. The van der Waals surface area contributed by atoms with Crippen LogP contribution in [0.3, 0.4) is 0 Å². The lowest BCUT2D eigenvalue weighted by molar-refractivity contribution is -0.145. The van der Waals surface area contributed by atoms with Crippen LogP contribution in [0.5, 0.6) is 5.75 Å². The zero-order valence-electron chi connectivity index (χ0n) is 10.5. The van der Waals surface area contributed by atoms with Crippen molar-refractivity contribution >= 4 is 21.9 Å². The van der Waals surface area contributed by atoms with Crippen LogP contribution in [0.25, 0.3) is 0 Å². The second-order valence-electron chi connectivity index (χ2n) is 3.64. The average Bonchev–Trinajstić information content (AvgIpc) is 2.32. The van der Waals surface area contributed by atoms with Crippen molar-refractivity contribution in [1.29, 1.82) is 0 Å². The molecule has 1 aromatic rings. The van der Waals surface area contributed by atoms with Crippen molar-refractivity contribution in [3.05, 3.63) is 28.2 Å². The lowest BCUT2D eigenvalue weighted by atomic mass is 10.1. The number of esters is 1. The molecular weight excluding hydrogens is 300 g/mol. The van der Waals surface area contributed by atoms with Crippen LogP contribution in [-0.4, -0.2) is 24.3 Å². The molecular formula is C13H17BrO4. The Morgan fingerprint density at radius 1 is 1.39 bits per heavy atom. The Balaban J connectivity index is 2.80. The molecule has 0 heterocycles. The Bertz CT molecular complexity index is 406. The standard InChI is InChI=1S/C13H17BrO4/c1-3-17-9-5-6-11(14)10(7-9)12(15)8-13(16)18-4-2/h5-7,12,15H,3-4,8H2,1-2H3. The highest BCUT2D eigenvalue weighted by Crippen LogP contribution is 2.29. The largest absolute Gasteiger partial charge is 0.494 e. The minimum Gasteiger partial charge on any atom is -0.494 e. The van der Waals surface area contributed by atoms with E-state index in [1.807, 2.05) is 6.92 Å². The monoisotopic (exact) mass is 316 g/mol. The lowest BCUT2D eigenvalue weighted by Gasteiger charge is -2.14. The Morgan fingerprint density at radius 2 is 2.11 bits per heavy atom. The second kappa shape index (κ2) is 7.38. The molecule has 1 atom stereocenters. The van der Waals surface area contributed by atoms with E-state index < -0.39 is 12.1 Å². The third kappa shape index (κ3) is 4.31. The summed E-state index contributed by atoms with van der Waals surface area (Å²) in [6.07, 6.45) is -0.971. The molecule has 0 fully saturated rings. The van der Waals surface area contributed by atoms with Crippen LogP contribution in [0.15, 0.2) is 22.7 Å². The van der Waals surface area contributed by atoms with E-state index in [0.29, 0.717) is 24.5 Å². The third-order valence-corrected chi connectivity index (χ3v) is 3.02. The van der Waals surface area contributed by atoms with E-state index in [4.69, 9.17) is 9.47 Å². The van der Waals surface area contributed by atoms with E-state index in [1.54, 1.807) is 25.1 Å². The van der Waals surface area contributed by atoms with Crippen molar-refractivity contribution in [2.75, 3.05) is 13.2 Å². The number of hydrogen-bond acceptors (Lipinski definition) is 4. The van der Waals surface area contributed by atoms with Gasteiger partial charge in [-0.25, -0.2) is 0 Å². The smallest absolute Gasteiger partial charge is 0.308 e. The van der Waals surface area contributed by atoms with Crippen LogP contribution in [0, 0.1) is 0 Å². The minimum absolute atomic E-state index is 0.0674. The van der Waals surface area contributed by atoms with Gasteiger partial charge in [-0.3, -0.25) is 4.79 Å². The molecule has 0 aliphatic carbocycles. The number of hydrogen-bond donors (Lipinski definition) is 1. The Hall–Kier alpha value is -1.07. The number of benzene rings is 1. The molecule has 18 heavy (non-hydrogen) atoms. The van der Waals surface area contributed by atoms with Crippen molar-refractivity contribution in [2.24, 2.45) is 0 Å². The van der Waals surface area contributed by atoms with Crippen molar-refractivity contribution in [1.82, 2.24) is 0 Å². The highest BCUT2D eigenvalue weighted by atomic mass is 79.9. The molecule has 5 heteroatoms. The van der Waals surface area contributed by atoms with E-state index in [9.17, 15) is 9.90 Å². The minimum atomic E-state index is -0.904. The van der Waals surface area contributed by atoms with E-state index in [2.05, 4.69) is 15.9 Å². The first-order valence-corrected chi connectivity index (χ1v) is 6.63. The Morgan fingerprint density at radius 3 is 2.72 bits per heavy atom. The van der Waals surface area contributed by atoms with Gasteiger partial charge in [0.25, 0.3) is 0 Å².